The van der Waals surface area contributed by atoms with Crippen LogP contribution in [0.3, 0.4) is 0 Å². The van der Waals surface area contributed by atoms with Gasteiger partial charge in [0.15, 0.2) is 0 Å². The van der Waals surface area contributed by atoms with Crippen LogP contribution in [-0.2, 0) is 9.59 Å². The molecule has 214 valence electrons. The molecule has 1 N–H and O–H groups in total. The molecule has 3 atom stereocenters. The van der Waals surface area contributed by atoms with Crippen molar-refractivity contribution in [3.8, 4) is 0 Å². The van der Waals surface area contributed by atoms with Gasteiger partial charge in [0.05, 0.1) is 6.10 Å². The molecule has 2 aliphatic rings. The van der Waals surface area contributed by atoms with Crippen molar-refractivity contribution in [2.75, 3.05) is 53.4 Å². The molecule has 2 amide bonds. The number of aliphatic hydroxyl groups is 1. The Morgan fingerprint density at radius 3 is 2.05 bits per heavy atom. The van der Waals surface area contributed by atoms with E-state index in [4.69, 9.17) is 0 Å². The van der Waals surface area contributed by atoms with Crippen LogP contribution in [0.2, 0.25) is 0 Å². The highest BCUT2D eigenvalue weighted by molar-refractivity contribution is 5.77. The zero-order valence-corrected chi connectivity index (χ0v) is 24.2. The largest absolute Gasteiger partial charge is 0.393 e. The first kappa shape index (κ1) is 30.6. The van der Waals surface area contributed by atoms with Crippen molar-refractivity contribution in [1.29, 1.82) is 0 Å². The number of unbranched alkanes of at least 4 members (excludes halogenated alkanes) is 3. The van der Waals surface area contributed by atoms with E-state index in [1.807, 2.05) is 28.0 Å². The van der Waals surface area contributed by atoms with Crippen LogP contribution in [-0.4, -0.2) is 102 Å². The fraction of sp³-hybridized carbons (Fsp3) is 0.742. The second-order valence-electron chi connectivity index (χ2n) is 11.5. The molecular formula is C31H52N4O3. The average Bonchev–Trinajstić information content (AvgIpc) is 2.90. The number of nitrogens with zero attached hydrogens (tertiary/aromatic N) is 4. The van der Waals surface area contributed by atoms with Crippen LogP contribution in [0.15, 0.2) is 30.3 Å². The number of carbonyl (C=O) groups is 2. The smallest absolute Gasteiger partial charge is 0.224 e. The van der Waals surface area contributed by atoms with E-state index in [1.165, 1.54) is 5.56 Å². The molecule has 0 aromatic heterocycles. The first-order chi connectivity index (χ1) is 18.4. The van der Waals surface area contributed by atoms with Crippen molar-refractivity contribution in [3.05, 3.63) is 35.9 Å². The van der Waals surface area contributed by atoms with Crippen LogP contribution in [0.1, 0.15) is 89.2 Å². The highest BCUT2D eigenvalue weighted by atomic mass is 16.3. The number of hydrogen-bond donors (Lipinski definition) is 1. The number of amides is 2. The summed E-state index contributed by atoms with van der Waals surface area (Å²) in [5, 5.41) is 10.5. The van der Waals surface area contributed by atoms with Crippen molar-refractivity contribution < 1.29 is 14.7 Å². The second-order valence-corrected chi connectivity index (χ2v) is 11.5. The highest BCUT2D eigenvalue weighted by Gasteiger charge is 2.28. The van der Waals surface area contributed by atoms with Crippen molar-refractivity contribution in [2.24, 2.45) is 0 Å². The Morgan fingerprint density at radius 1 is 0.816 bits per heavy atom. The summed E-state index contributed by atoms with van der Waals surface area (Å²) in [7, 11) is 4.21. The molecule has 0 saturated carbocycles. The third-order valence-corrected chi connectivity index (χ3v) is 8.49. The van der Waals surface area contributed by atoms with Crippen LogP contribution < -0.4 is 0 Å². The molecule has 7 heteroatoms. The number of carbonyl (C=O) groups excluding carboxylic acids is 2. The van der Waals surface area contributed by atoms with E-state index in [9.17, 15) is 14.7 Å². The maximum atomic E-state index is 13.2. The first-order valence-electron chi connectivity index (χ1n) is 15.1. The van der Waals surface area contributed by atoms with Crippen LogP contribution in [0.5, 0.6) is 0 Å². The van der Waals surface area contributed by atoms with Gasteiger partial charge in [-0.15, -0.1) is 0 Å². The molecule has 2 fully saturated rings. The van der Waals surface area contributed by atoms with Crippen molar-refractivity contribution in [3.63, 3.8) is 0 Å². The Bertz CT molecular complexity index is 836. The molecule has 2 saturated heterocycles. The fourth-order valence-corrected chi connectivity index (χ4v) is 6.00. The number of hydrogen-bond acceptors (Lipinski definition) is 5. The molecule has 0 unspecified atom stereocenters. The van der Waals surface area contributed by atoms with E-state index in [-0.39, 0.29) is 30.0 Å². The monoisotopic (exact) mass is 528 g/mol. The molecular weight excluding hydrogens is 476 g/mol. The van der Waals surface area contributed by atoms with Gasteiger partial charge >= 0.3 is 0 Å². The molecule has 0 aliphatic carbocycles. The third kappa shape index (κ3) is 9.65. The topological polar surface area (TPSA) is 67.3 Å². The predicted molar refractivity (Wildman–Crippen MR) is 154 cm³/mol. The SMILES string of the molecule is CCCCC[C@H](O)C[C@@H]1CC(=O)N(CCCCN2CCCN(C)[C@H](c3ccccc3)CC2=O)CCCN1C. The Kier molecular flexibility index (Phi) is 13.0. The van der Waals surface area contributed by atoms with Gasteiger partial charge in [0.1, 0.15) is 0 Å². The van der Waals surface area contributed by atoms with Crippen LogP contribution in [0, 0.1) is 0 Å². The van der Waals surface area contributed by atoms with Gasteiger partial charge in [0.2, 0.25) is 11.8 Å². The first-order valence-corrected chi connectivity index (χ1v) is 15.1. The lowest BCUT2D eigenvalue weighted by Gasteiger charge is -2.35. The van der Waals surface area contributed by atoms with Crippen LogP contribution in [0.4, 0.5) is 0 Å². The third-order valence-electron chi connectivity index (χ3n) is 8.49. The van der Waals surface area contributed by atoms with Gasteiger partial charge in [-0.25, -0.2) is 0 Å². The number of benzene rings is 1. The molecule has 0 radical (unpaired) electrons. The maximum absolute atomic E-state index is 13.2. The van der Waals surface area contributed by atoms with E-state index >= 15 is 0 Å². The van der Waals surface area contributed by atoms with Crippen molar-refractivity contribution in [1.82, 2.24) is 19.6 Å². The lowest BCUT2D eigenvalue weighted by atomic mass is 9.98. The van der Waals surface area contributed by atoms with Gasteiger partial charge in [-0.2, -0.15) is 0 Å². The van der Waals surface area contributed by atoms with E-state index in [1.54, 1.807) is 0 Å². The normalized spacial score (nSPS) is 23.6. The van der Waals surface area contributed by atoms with Gasteiger partial charge in [0, 0.05) is 57.6 Å². The van der Waals surface area contributed by atoms with Gasteiger partial charge < -0.3 is 19.8 Å². The molecule has 0 spiro atoms. The summed E-state index contributed by atoms with van der Waals surface area (Å²) in [4.78, 5) is 35.0. The molecule has 0 bridgehead atoms. The lowest BCUT2D eigenvalue weighted by molar-refractivity contribution is -0.135. The summed E-state index contributed by atoms with van der Waals surface area (Å²) in [6.45, 7) is 7.23. The summed E-state index contributed by atoms with van der Waals surface area (Å²) in [5.41, 5.74) is 1.21. The molecule has 2 aliphatic heterocycles. The Labute approximate surface area is 231 Å². The molecule has 1 aromatic rings. The maximum Gasteiger partial charge on any atom is 0.224 e. The summed E-state index contributed by atoms with van der Waals surface area (Å²) >= 11 is 0. The van der Waals surface area contributed by atoms with Crippen LogP contribution in [0.25, 0.3) is 0 Å². The van der Waals surface area contributed by atoms with E-state index in [0.717, 1.165) is 90.6 Å². The Morgan fingerprint density at radius 2 is 1.42 bits per heavy atom. The average molecular weight is 529 g/mol. The van der Waals surface area contributed by atoms with Crippen LogP contribution >= 0.6 is 0 Å². The predicted octanol–water partition coefficient (Wildman–Crippen LogP) is 4.32. The van der Waals surface area contributed by atoms with Crippen molar-refractivity contribution in [2.45, 2.75) is 95.7 Å². The van der Waals surface area contributed by atoms with Gasteiger partial charge in [-0.1, -0.05) is 56.5 Å². The Balaban J connectivity index is 1.45. The zero-order chi connectivity index (χ0) is 27.3. The Hall–Kier alpha value is -1.96. The summed E-state index contributed by atoms with van der Waals surface area (Å²) < 4.78 is 0. The minimum Gasteiger partial charge on any atom is -0.393 e. The summed E-state index contributed by atoms with van der Waals surface area (Å²) in [5.74, 6) is 0.439. The standard InChI is InChI=1S/C31H52N4O3/c1-4-5-7-16-28(36)23-27-24-30(37)34(21-12-17-32(27)2)19-10-11-20-35-22-13-18-33(3)29(25-31(35)38)26-14-8-6-9-15-26/h6,8-9,14-15,27-29,36H,4-5,7,10-13,16-25H2,1-3H3/t27-,28+,29+/m1/s1. The summed E-state index contributed by atoms with van der Waals surface area (Å²) in [6.07, 6.45) is 9.31. The molecule has 7 nitrogen and oxygen atoms in total. The quantitative estimate of drug-likeness (QED) is 0.410. The van der Waals surface area contributed by atoms with E-state index < -0.39 is 0 Å². The summed E-state index contributed by atoms with van der Waals surface area (Å²) in [6, 6.07) is 10.6. The van der Waals surface area contributed by atoms with Gasteiger partial charge in [0.25, 0.3) is 0 Å². The van der Waals surface area contributed by atoms with Crippen molar-refractivity contribution >= 4 is 11.8 Å². The molecule has 2 heterocycles. The lowest BCUT2D eigenvalue weighted by Crippen LogP contribution is -2.45. The zero-order valence-electron chi connectivity index (χ0n) is 24.2. The van der Waals surface area contributed by atoms with E-state index in [2.05, 4.69) is 43.0 Å². The minimum atomic E-state index is -0.327. The second kappa shape index (κ2) is 16.2. The minimum absolute atomic E-state index is 0.108. The molecule has 3 rings (SSSR count). The fourth-order valence-electron chi connectivity index (χ4n) is 6.00. The number of rotatable bonds is 12. The highest BCUT2D eigenvalue weighted by Crippen LogP contribution is 2.26. The van der Waals surface area contributed by atoms with E-state index in [0.29, 0.717) is 19.3 Å². The number of aliphatic hydroxyl groups excluding tert-OH is 1. The van der Waals surface area contributed by atoms with Gasteiger partial charge in [-0.05, 0) is 64.7 Å². The molecule has 1 aromatic carbocycles. The van der Waals surface area contributed by atoms with Gasteiger partial charge in [-0.3, -0.25) is 14.5 Å². The molecule has 38 heavy (non-hydrogen) atoms.